The molecule has 1 rings (SSSR count). The summed E-state index contributed by atoms with van der Waals surface area (Å²) in [5.41, 5.74) is 11.1. The number of carbonyl (C=O) groups is 2. The van der Waals surface area contributed by atoms with Crippen molar-refractivity contribution in [3.8, 4) is 0 Å². The van der Waals surface area contributed by atoms with E-state index in [4.69, 9.17) is 10.8 Å². The Balaban J connectivity index is 0.000000494. The lowest BCUT2D eigenvalue weighted by molar-refractivity contribution is -0.113. The van der Waals surface area contributed by atoms with Crippen LogP contribution in [0.2, 0.25) is 0 Å². The number of rotatable bonds is 2. The maximum Gasteiger partial charge on any atom is 0.337 e. The van der Waals surface area contributed by atoms with Crippen LogP contribution in [-0.2, 0) is 4.79 Å². The van der Waals surface area contributed by atoms with Crippen molar-refractivity contribution in [3.05, 3.63) is 35.0 Å². The highest BCUT2D eigenvalue weighted by Crippen LogP contribution is 2.29. The predicted octanol–water partition coefficient (Wildman–Crippen LogP) is 2.44. The summed E-state index contributed by atoms with van der Waals surface area (Å²) >= 11 is 6.04. The molecule has 5 N–H and O–H groups in total. The number of carboxylic acids is 1. The Hall–Kier alpha value is -0.110. The number of nitrogens with two attached hydrogens (primary N) is 2. The van der Waals surface area contributed by atoms with Crippen LogP contribution in [-0.4, -0.2) is 17.0 Å². The van der Waals surface area contributed by atoms with Crippen molar-refractivity contribution in [3.63, 3.8) is 0 Å². The quantitative estimate of drug-likeness (QED) is 0.282. The first-order valence-corrected chi connectivity index (χ1v) is 7.54. The number of anilines is 1. The molecule has 0 radical (unpaired) electrons. The smallest absolute Gasteiger partial charge is 0.337 e. The molecule has 0 spiro atoms. The summed E-state index contributed by atoms with van der Waals surface area (Å²) in [4.78, 5) is 20.3. The molecule has 0 fully saturated rings. The average molecular weight is 586 g/mol. The largest absolute Gasteiger partial charge is 0.478 e. The van der Waals surface area contributed by atoms with Crippen LogP contribution < -0.4 is 11.5 Å². The lowest BCUT2D eigenvalue weighted by Crippen LogP contribution is -2.07. The van der Waals surface area contributed by atoms with E-state index >= 15 is 0 Å². The van der Waals surface area contributed by atoms with Crippen LogP contribution in [0.25, 0.3) is 0 Å². The van der Waals surface area contributed by atoms with Crippen molar-refractivity contribution in [1.29, 1.82) is 0 Å². The van der Waals surface area contributed by atoms with E-state index in [0.29, 0.717) is 18.4 Å². The maximum absolute atomic E-state index is 10.8. The summed E-state index contributed by atoms with van der Waals surface area (Å²) in [6, 6.07) is 1.77. The van der Waals surface area contributed by atoms with E-state index in [-0.39, 0.29) is 0 Å². The zero-order chi connectivity index (χ0) is 14.5. The van der Waals surface area contributed by atoms with Crippen molar-refractivity contribution in [2.75, 3.05) is 5.73 Å². The van der Waals surface area contributed by atoms with Crippen molar-refractivity contribution < 1.29 is 14.7 Å². The number of hydrogen-bond acceptors (Lipinski definition) is 3. The first kappa shape index (κ1) is 17.9. The van der Waals surface area contributed by atoms with Crippen molar-refractivity contribution in [1.82, 2.24) is 0 Å². The molecule has 18 heavy (non-hydrogen) atoms. The molecule has 98 valence electrons. The molecule has 0 bridgehead atoms. The summed E-state index contributed by atoms with van der Waals surface area (Å²) in [7, 11) is 0. The van der Waals surface area contributed by atoms with Gasteiger partial charge in [-0.15, -0.1) is 0 Å². The second-order valence-electron chi connectivity index (χ2n) is 2.85. The van der Waals surface area contributed by atoms with E-state index in [2.05, 4.69) is 34.9 Å². The highest BCUT2D eigenvalue weighted by Gasteiger charge is 2.17. The minimum absolute atomic E-state index is 0.291. The Morgan fingerprint density at radius 1 is 1.28 bits per heavy atom. The number of amides is 1. The van der Waals surface area contributed by atoms with Gasteiger partial charge in [0, 0.05) is 7.14 Å². The number of primary amides is 1. The van der Waals surface area contributed by atoms with Crippen LogP contribution in [0, 0.1) is 10.7 Å². The second kappa shape index (κ2) is 8.14. The van der Waals surface area contributed by atoms with Crippen LogP contribution >= 0.6 is 67.8 Å². The molecule has 1 aromatic rings. The molecule has 0 atom stereocenters. The van der Waals surface area contributed by atoms with Gasteiger partial charge in [-0.2, -0.15) is 0 Å². The molecule has 0 saturated carbocycles. The molecule has 1 amide bonds. The Morgan fingerprint density at radius 2 is 1.72 bits per heavy atom. The zero-order valence-electron chi connectivity index (χ0n) is 8.91. The predicted molar refractivity (Wildman–Crippen MR) is 95.4 cm³/mol. The normalized spacial score (nSPS) is 9.06. The van der Waals surface area contributed by atoms with E-state index in [1.807, 2.05) is 45.2 Å². The highest BCUT2D eigenvalue weighted by molar-refractivity contribution is 14.1. The molecule has 0 aliphatic carbocycles. The summed E-state index contributed by atoms with van der Waals surface area (Å²) in [5, 5.41) is 8.89. The van der Waals surface area contributed by atoms with Gasteiger partial charge in [0.2, 0.25) is 5.91 Å². The molecule has 8 heteroatoms. The zero-order valence-corrected chi connectivity index (χ0v) is 15.4. The van der Waals surface area contributed by atoms with Crippen molar-refractivity contribution >= 4 is 85.3 Å². The first-order chi connectivity index (χ1) is 8.22. The van der Waals surface area contributed by atoms with Gasteiger partial charge < -0.3 is 16.6 Å². The van der Waals surface area contributed by atoms with Gasteiger partial charge in [-0.05, 0) is 79.9 Å². The van der Waals surface area contributed by atoms with Gasteiger partial charge in [0.25, 0.3) is 0 Å². The number of nitrogen functional groups attached to an aromatic ring is 1. The maximum atomic E-state index is 10.8. The number of carboxylic acid groups (broad SMARTS) is 1. The Kier molecular flexibility index (Phi) is 8.09. The Bertz CT molecular complexity index is 504. The molecule has 1 aromatic carbocycles. The topological polar surface area (TPSA) is 106 Å². The second-order valence-corrected chi connectivity index (χ2v) is 6.26. The third-order valence-corrected chi connectivity index (χ3v) is 4.48. The van der Waals surface area contributed by atoms with E-state index in [0.717, 1.165) is 9.65 Å². The van der Waals surface area contributed by atoms with Gasteiger partial charge in [-0.1, -0.05) is 6.58 Å². The number of benzene rings is 1. The van der Waals surface area contributed by atoms with E-state index in [1.165, 1.54) is 0 Å². The number of carbonyl (C=O) groups excluding carboxylic acids is 1. The lowest BCUT2D eigenvalue weighted by Gasteiger charge is -2.07. The molecule has 5 nitrogen and oxygen atoms in total. The highest BCUT2D eigenvalue weighted by atomic mass is 127. The van der Waals surface area contributed by atoms with Crippen molar-refractivity contribution in [2.45, 2.75) is 0 Å². The van der Waals surface area contributed by atoms with Crippen LogP contribution in [0.4, 0.5) is 5.69 Å². The Morgan fingerprint density at radius 3 is 2.06 bits per heavy atom. The van der Waals surface area contributed by atoms with Crippen LogP contribution in [0.3, 0.4) is 0 Å². The minimum Gasteiger partial charge on any atom is -0.478 e. The fourth-order valence-electron chi connectivity index (χ4n) is 0.802. The fourth-order valence-corrected chi connectivity index (χ4v) is 4.63. The van der Waals surface area contributed by atoms with Crippen LogP contribution in [0.5, 0.6) is 0 Å². The van der Waals surface area contributed by atoms with E-state index < -0.39 is 11.9 Å². The molecule has 0 heterocycles. The van der Waals surface area contributed by atoms with Crippen LogP contribution in [0.15, 0.2) is 18.7 Å². The summed E-state index contributed by atoms with van der Waals surface area (Å²) in [6.07, 6.45) is 1.06. The van der Waals surface area contributed by atoms with Gasteiger partial charge in [-0.25, -0.2) is 4.79 Å². The number of aromatic carboxylic acids is 1. The first-order valence-electron chi connectivity index (χ1n) is 4.30. The minimum atomic E-state index is -0.933. The molecule has 0 aromatic heterocycles. The van der Waals surface area contributed by atoms with Gasteiger partial charge in [0.15, 0.2) is 0 Å². The van der Waals surface area contributed by atoms with E-state index in [9.17, 15) is 9.59 Å². The molecule has 0 saturated heterocycles. The van der Waals surface area contributed by atoms with Gasteiger partial charge in [0.1, 0.15) is 0 Å². The van der Waals surface area contributed by atoms with Gasteiger partial charge >= 0.3 is 5.97 Å². The summed E-state index contributed by atoms with van der Waals surface area (Å²) in [5.74, 6) is -1.41. The third kappa shape index (κ3) is 5.26. The molecular weight excluding hydrogens is 577 g/mol. The Labute approximate surface area is 145 Å². The molecule has 0 unspecified atom stereocenters. The van der Waals surface area contributed by atoms with Gasteiger partial charge in [0.05, 0.1) is 14.8 Å². The summed E-state index contributed by atoms with van der Waals surface area (Å²) < 4.78 is 2.21. The third-order valence-electron chi connectivity index (χ3n) is 1.62. The lowest BCUT2D eigenvalue weighted by atomic mass is 10.2. The summed E-state index contributed by atoms with van der Waals surface area (Å²) in [6.45, 7) is 3.09. The standard InChI is InChI=1S/C7H4I3NO2.C3H5NO/c8-2-1-3(9)6(11)5(10)4(2)7(12)13;1-2-3(4)5/h1H,11H2,(H,12,13);2H,1H2,(H2,4,5). The van der Waals surface area contributed by atoms with E-state index in [1.54, 1.807) is 6.07 Å². The molecule has 0 aliphatic heterocycles. The van der Waals surface area contributed by atoms with Gasteiger partial charge in [-0.3, -0.25) is 4.79 Å². The van der Waals surface area contributed by atoms with Crippen LogP contribution in [0.1, 0.15) is 10.4 Å². The monoisotopic (exact) mass is 586 g/mol. The molecule has 0 aliphatic rings. The fraction of sp³-hybridized carbons (Fsp3) is 0. The van der Waals surface area contributed by atoms with Crippen molar-refractivity contribution in [2.24, 2.45) is 5.73 Å². The number of halogens is 3. The molecular formula is C10H9I3N2O3. The number of hydrogen-bond donors (Lipinski definition) is 3. The SMILES string of the molecule is C=CC(N)=O.Nc1c(I)cc(I)c(C(=O)O)c1I. The average Bonchev–Trinajstić information content (AvgIpc) is 2.26.